The molecule has 0 spiro atoms. The molecule has 0 radical (unpaired) electrons. The highest BCUT2D eigenvalue weighted by Gasteiger charge is 2.57. The van der Waals surface area contributed by atoms with E-state index < -0.39 is 17.4 Å². The van der Waals surface area contributed by atoms with E-state index in [4.69, 9.17) is 11.6 Å². The summed E-state index contributed by atoms with van der Waals surface area (Å²) in [5.74, 6) is -0.970. The number of hydrogen-bond acceptors (Lipinski definition) is 4. The first-order valence-electron chi connectivity index (χ1n) is 14.0. The van der Waals surface area contributed by atoms with Crippen LogP contribution >= 0.6 is 11.6 Å². The van der Waals surface area contributed by atoms with Crippen molar-refractivity contribution < 1.29 is 14.4 Å². The number of rotatable bonds is 7. The molecule has 3 atom stereocenters. The van der Waals surface area contributed by atoms with E-state index in [2.05, 4.69) is 15.2 Å². The average molecular weight is 542 g/mol. The molecule has 0 saturated carbocycles. The number of carbonyl (C=O) groups excluding carboxylic acids is 3. The maximum absolute atomic E-state index is 14.2. The van der Waals surface area contributed by atoms with Gasteiger partial charge in [0.15, 0.2) is 0 Å². The molecule has 2 fully saturated rings. The van der Waals surface area contributed by atoms with Crippen LogP contribution in [0.3, 0.4) is 0 Å². The van der Waals surface area contributed by atoms with Gasteiger partial charge in [-0.3, -0.25) is 14.4 Å². The molecule has 0 aliphatic carbocycles. The molecule has 0 unspecified atom stereocenters. The fraction of sp³-hybridized carbons (Fsp3) is 0.621. The van der Waals surface area contributed by atoms with Crippen molar-refractivity contribution >= 4 is 40.2 Å². The van der Waals surface area contributed by atoms with Gasteiger partial charge in [-0.1, -0.05) is 11.6 Å². The number of aromatic nitrogens is 1. The molecule has 0 bridgehead atoms. The number of benzene rings is 1. The predicted octanol–water partition coefficient (Wildman–Crippen LogP) is 3.53. The molecule has 1 aromatic heterocycles. The Morgan fingerprint density at radius 1 is 1.18 bits per heavy atom. The van der Waals surface area contributed by atoms with E-state index in [0.29, 0.717) is 31.0 Å². The van der Waals surface area contributed by atoms with Gasteiger partial charge in [0, 0.05) is 60.1 Å². The largest absolute Gasteiger partial charge is 0.356 e. The lowest BCUT2D eigenvalue weighted by molar-refractivity contribution is -0.164. The molecule has 2 aromatic rings. The fourth-order valence-corrected chi connectivity index (χ4v) is 6.98. The Morgan fingerprint density at radius 3 is 2.68 bits per heavy atom. The second kappa shape index (κ2) is 10.9. The number of piperidine rings is 2. The van der Waals surface area contributed by atoms with E-state index in [-0.39, 0.29) is 24.1 Å². The van der Waals surface area contributed by atoms with Gasteiger partial charge in [0.1, 0.15) is 0 Å². The molecule has 5 rings (SSSR count). The number of nitrogens with one attached hydrogen (secondary N) is 2. The van der Waals surface area contributed by atoms with E-state index in [9.17, 15) is 14.4 Å². The highest BCUT2D eigenvalue weighted by molar-refractivity contribution is 6.31. The van der Waals surface area contributed by atoms with Crippen molar-refractivity contribution in [2.75, 3.05) is 46.8 Å². The van der Waals surface area contributed by atoms with Crippen molar-refractivity contribution in [1.82, 2.24) is 25.0 Å². The lowest BCUT2D eigenvalue weighted by Crippen LogP contribution is -2.64. The molecule has 3 amide bonds. The Morgan fingerprint density at radius 2 is 1.95 bits per heavy atom. The molecule has 3 aliphatic rings. The lowest BCUT2D eigenvalue weighted by Gasteiger charge is -2.54. The summed E-state index contributed by atoms with van der Waals surface area (Å²) < 4.78 is 0. The van der Waals surface area contributed by atoms with Crippen LogP contribution in [-0.2, 0) is 26.3 Å². The minimum atomic E-state index is -0.802. The van der Waals surface area contributed by atoms with E-state index in [0.717, 1.165) is 67.5 Å². The Balaban J connectivity index is 1.46. The summed E-state index contributed by atoms with van der Waals surface area (Å²) in [6, 6.07) is 5.81. The summed E-state index contributed by atoms with van der Waals surface area (Å²) in [4.78, 5) is 50.5. The zero-order valence-electron chi connectivity index (χ0n) is 22.8. The number of hydrogen-bond donors (Lipinski definition) is 2. The third kappa shape index (κ3) is 4.93. The van der Waals surface area contributed by atoms with Crippen LogP contribution in [0.5, 0.6) is 0 Å². The predicted molar refractivity (Wildman–Crippen MR) is 149 cm³/mol. The van der Waals surface area contributed by atoms with Crippen LogP contribution in [0.1, 0.15) is 56.7 Å². The summed E-state index contributed by atoms with van der Waals surface area (Å²) in [6.07, 6.45) is 5.18. The van der Waals surface area contributed by atoms with Crippen LogP contribution < -0.4 is 5.32 Å². The summed E-state index contributed by atoms with van der Waals surface area (Å²) in [5, 5.41) is 4.71. The van der Waals surface area contributed by atoms with Gasteiger partial charge in [-0.05, 0) is 89.9 Å². The molecule has 3 aliphatic heterocycles. The van der Waals surface area contributed by atoms with Gasteiger partial charge in [0.25, 0.3) is 0 Å². The van der Waals surface area contributed by atoms with Crippen LogP contribution in [0.2, 0.25) is 5.02 Å². The van der Waals surface area contributed by atoms with Crippen LogP contribution in [-0.4, -0.2) is 84.2 Å². The van der Waals surface area contributed by atoms with Crippen molar-refractivity contribution in [2.24, 2.45) is 11.8 Å². The minimum Gasteiger partial charge on any atom is -0.356 e. The molecule has 9 heteroatoms. The van der Waals surface area contributed by atoms with E-state index in [1.807, 2.05) is 49.0 Å². The summed E-state index contributed by atoms with van der Waals surface area (Å²) in [7, 11) is 4.01. The Labute approximate surface area is 230 Å². The molecular weight excluding hydrogens is 502 g/mol. The Hall–Kier alpha value is -2.58. The number of carbonyl (C=O) groups is 3. The average Bonchev–Trinajstić information content (AvgIpc) is 3.27. The SMILES string of the molecule is CN(C)CCCNC(=O)C[C@H]1C[C@H](C(=O)N2CCCCC2)[C@@]2(C)c3[nH]c4ccc(Cl)cc4c3CCN2C1=O. The smallest absolute Gasteiger partial charge is 0.228 e. The summed E-state index contributed by atoms with van der Waals surface area (Å²) >= 11 is 6.34. The van der Waals surface area contributed by atoms with Gasteiger partial charge in [0.05, 0.1) is 11.5 Å². The summed E-state index contributed by atoms with van der Waals surface area (Å²) in [6.45, 7) is 5.54. The third-order valence-electron chi connectivity index (χ3n) is 8.84. The van der Waals surface area contributed by atoms with Crippen molar-refractivity contribution in [1.29, 1.82) is 0 Å². The minimum absolute atomic E-state index is 0.0269. The zero-order valence-corrected chi connectivity index (χ0v) is 23.6. The van der Waals surface area contributed by atoms with Gasteiger partial charge >= 0.3 is 0 Å². The first-order valence-corrected chi connectivity index (χ1v) is 14.4. The van der Waals surface area contributed by atoms with E-state index in [1.54, 1.807) is 0 Å². The third-order valence-corrected chi connectivity index (χ3v) is 9.07. The Bertz CT molecular complexity index is 1220. The quantitative estimate of drug-likeness (QED) is 0.525. The number of H-pyrrole nitrogens is 1. The number of halogens is 1. The summed E-state index contributed by atoms with van der Waals surface area (Å²) in [5.41, 5.74) is 2.25. The maximum atomic E-state index is 14.2. The molecule has 38 heavy (non-hydrogen) atoms. The normalized spacial score (nSPS) is 25.4. The number of nitrogens with zero attached hydrogens (tertiary/aromatic N) is 3. The second-order valence-corrected chi connectivity index (χ2v) is 12.1. The van der Waals surface area contributed by atoms with Crippen LogP contribution in [0.4, 0.5) is 0 Å². The monoisotopic (exact) mass is 541 g/mol. The van der Waals surface area contributed by atoms with Crippen molar-refractivity contribution in [3.8, 4) is 0 Å². The van der Waals surface area contributed by atoms with Gasteiger partial charge in [-0.2, -0.15) is 0 Å². The molecule has 2 saturated heterocycles. The van der Waals surface area contributed by atoms with Crippen LogP contribution in [0, 0.1) is 11.8 Å². The maximum Gasteiger partial charge on any atom is 0.228 e. The number of aromatic amines is 1. The topological polar surface area (TPSA) is 88.8 Å². The van der Waals surface area contributed by atoms with Gasteiger partial charge < -0.3 is 25.0 Å². The molecule has 4 heterocycles. The van der Waals surface area contributed by atoms with Crippen LogP contribution in [0.25, 0.3) is 10.9 Å². The number of likely N-dealkylation sites (tertiary alicyclic amines) is 1. The molecule has 8 nitrogen and oxygen atoms in total. The van der Waals surface area contributed by atoms with Crippen LogP contribution in [0.15, 0.2) is 18.2 Å². The molecular formula is C29H40ClN5O3. The molecule has 1 aromatic carbocycles. The first kappa shape index (κ1) is 27.0. The molecule has 206 valence electrons. The number of amides is 3. The van der Waals surface area contributed by atoms with Crippen molar-refractivity contribution in [2.45, 2.75) is 57.4 Å². The highest BCUT2D eigenvalue weighted by atomic mass is 35.5. The van der Waals surface area contributed by atoms with E-state index in [1.165, 1.54) is 0 Å². The van der Waals surface area contributed by atoms with Crippen molar-refractivity contribution in [3.05, 3.63) is 34.5 Å². The van der Waals surface area contributed by atoms with Gasteiger partial charge in [-0.15, -0.1) is 0 Å². The first-order chi connectivity index (χ1) is 18.2. The molecule has 2 N–H and O–H groups in total. The fourth-order valence-electron chi connectivity index (χ4n) is 6.80. The van der Waals surface area contributed by atoms with Crippen molar-refractivity contribution in [3.63, 3.8) is 0 Å². The van der Waals surface area contributed by atoms with Gasteiger partial charge in [0.2, 0.25) is 17.7 Å². The van der Waals surface area contributed by atoms with E-state index >= 15 is 0 Å². The zero-order chi connectivity index (χ0) is 27.0. The van der Waals surface area contributed by atoms with Gasteiger partial charge in [-0.25, -0.2) is 0 Å². The lowest BCUT2D eigenvalue weighted by atomic mass is 9.67. The standard InChI is InChI=1S/C29H40ClN5O3/c1-29-23(28(38)34-13-5-4-6-14-34)16-19(17-25(36)31-11-7-12-33(2)3)27(37)35(29)15-10-21-22-18-20(30)8-9-24(22)32-26(21)29/h8-9,18-19,23,32H,4-7,10-17H2,1-3H3,(H,31,36)/t19-,23-,29+/m1/s1. The number of fused-ring (bicyclic) bond motifs is 5. The highest BCUT2D eigenvalue weighted by Crippen LogP contribution is 2.50. The second-order valence-electron chi connectivity index (χ2n) is 11.6. The Kier molecular flexibility index (Phi) is 7.74.